The van der Waals surface area contributed by atoms with Crippen molar-refractivity contribution in [1.29, 1.82) is 0 Å². The number of hydrogen-bond donors (Lipinski definition) is 0. The standard InChI is InChI=1S/C12H8Br3ClO/c1-6-4-9(14)7(5-8(6)13)12(15)10-2-3-11(16)17-10/h2-5,12H,1H3. The minimum Gasteiger partial charge on any atom is -0.448 e. The van der Waals surface area contributed by atoms with Crippen LogP contribution in [0.4, 0.5) is 0 Å². The molecule has 1 atom stereocenters. The van der Waals surface area contributed by atoms with Gasteiger partial charge in [0.25, 0.3) is 0 Å². The van der Waals surface area contributed by atoms with Crippen LogP contribution in [0.25, 0.3) is 0 Å². The third-order valence-electron chi connectivity index (χ3n) is 2.39. The first-order valence-electron chi connectivity index (χ1n) is 4.84. The van der Waals surface area contributed by atoms with E-state index >= 15 is 0 Å². The van der Waals surface area contributed by atoms with Crippen molar-refractivity contribution in [2.75, 3.05) is 0 Å². The number of halogens is 4. The average molecular weight is 443 g/mol. The summed E-state index contributed by atoms with van der Waals surface area (Å²) in [5, 5.41) is 0.395. The normalized spacial score (nSPS) is 12.8. The first-order chi connectivity index (χ1) is 7.99. The van der Waals surface area contributed by atoms with Gasteiger partial charge in [-0.3, -0.25) is 0 Å². The minimum atomic E-state index is -0.0266. The maximum atomic E-state index is 5.78. The largest absolute Gasteiger partial charge is 0.448 e. The average Bonchev–Trinajstić information content (AvgIpc) is 2.69. The molecule has 5 heteroatoms. The summed E-state index contributed by atoms with van der Waals surface area (Å²) in [4.78, 5) is -0.0266. The van der Waals surface area contributed by atoms with Crippen molar-refractivity contribution in [3.8, 4) is 0 Å². The summed E-state index contributed by atoms with van der Waals surface area (Å²) in [6.45, 7) is 2.05. The molecular formula is C12H8Br3ClO. The van der Waals surface area contributed by atoms with Crippen LogP contribution in [-0.2, 0) is 0 Å². The zero-order valence-electron chi connectivity index (χ0n) is 8.81. The Kier molecular flexibility index (Phi) is 4.40. The molecule has 0 N–H and O–H groups in total. The second kappa shape index (κ2) is 5.47. The number of hydrogen-bond acceptors (Lipinski definition) is 1. The minimum absolute atomic E-state index is 0.0266. The molecule has 17 heavy (non-hydrogen) atoms. The SMILES string of the molecule is Cc1cc(Br)c(C(Br)c2ccc(Cl)o2)cc1Br. The van der Waals surface area contributed by atoms with Crippen LogP contribution >= 0.6 is 59.4 Å². The molecule has 1 heterocycles. The Hall–Kier alpha value is 0.230. The summed E-state index contributed by atoms with van der Waals surface area (Å²) in [6, 6.07) is 7.73. The number of rotatable bonds is 2. The molecule has 0 aliphatic carbocycles. The smallest absolute Gasteiger partial charge is 0.193 e. The van der Waals surface area contributed by atoms with E-state index in [1.807, 2.05) is 13.0 Å². The molecule has 1 aromatic carbocycles. The molecule has 0 bridgehead atoms. The third-order valence-corrected chi connectivity index (χ3v) is 5.08. The molecule has 1 nitrogen and oxygen atoms in total. The highest BCUT2D eigenvalue weighted by Gasteiger charge is 2.18. The Balaban J connectivity index is 2.43. The van der Waals surface area contributed by atoms with Gasteiger partial charge in [-0.2, -0.15) is 0 Å². The predicted molar refractivity (Wildman–Crippen MR) is 81.1 cm³/mol. The zero-order chi connectivity index (χ0) is 12.6. The Morgan fingerprint density at radius 3 is 2.47 bits per heavy atom. The van der Waals surface area contributed by atoms with Gasteiger partial charge in [-0.05, 0) is 53.9 Å². The Labute approximate surface area is 130 Å². The molecule has 0 amide bonds. The lowest BCUT2D eigenvalue weighted by molar-refractivity contribution is 0.521. The van der Waals surface area contributed by atoms with Crippen molar-refractivity contribution in [2.45, 2.75) is 11.8 Å². The van der Waals surface area contributed by atoms with Crippen molar-refractivity contribution in [1.82, 2.24) is 0 Å². The summed E-state index contributed by atoms with van der Waals surface area (Å²) in [5.41, 5.74) is 2.27. The molecule has 0 saturated carbocycles. The first kappa shape index (κ1) is 13.7. The van der Waals surface area contributed by atoms with Gasteiger partial charge in [-0.15, -0.1) is 0 Å². The van der Waals surface area contributed by atoms with E-state index in [4.69, 9.17) is 16.0 Å². The molecule has 2 aromatic rings. The summed E-state index contributed by atoms with van der Waals surface area (Å²) < 4.78 is 7.51. The van der Waals surface area contributed by atoms with Gasteiger partial charge in [0.1, 0.15) is 5.76 Å². The quantitative estimate of drug-likeness (QED) is 0.500. The van der Waals surface area contributed by atoms with Crippen molar-refractivity contribution < 1.29 is 4.42 Å². The summed E-state index contributed by atoms with van der Waals surface area (Å²) in [7, 11) is 0. The number of aryl methyl sites for hydroxylation is 1. The highest BCUT2D eigenvalue weighted by Crippen LogP contribution is 2.39. The number of furan rings is 1. The number of alkyl halides is 1. The van der Waals surface area contributed by atoms with Gasteiger partial charge in [-0.25, -0.2) is 0 Å². The topological polar surface area (TPSA) is 13.1 Å². The van der Waals surface area contributed by atoms with Crippen LogP contribution in [0, 0.1) is 6.92 Å². The van der Waals surface area contributed by atoms with E-state index in [1.165, 1.54) is 5.56 Å². The lowest BCUT2D eigenvalue weighted by atomic mass is 10.1. The maximum Gasteiger partial charge on any atom is 0.193 e. The summed E-state index contributed by atoms with van der Waals surface area (Å²) >= 11 is 16.5. The maximum absolute atomic E-state index is 5.78. The second-order valence-corrected chi connectivity index (χ2v) is 6.62. The Bertz CT molecular complexity index is 551. The molecule has 0 aliphatic heterocycles. The van der Waals surface area contributed by atoms with Crippen molar-refractivity contribution in [3.05, 3.63) is 55.3 Å². The van der Waals surface area contributed by atoms with Crippen LogP contribution in [0.1, 0.15) is 21.7 Å². The zero-order valence-corrected chi connectivity index (χ0v) is 14.3. The van der Waals surface area contributed by atoms with Crippen LogP contribution < -0.4 is 0 Å². The van der Waals surface area contributed by atoms with E-state index in [2.05, 4.69) is 59.9 Å². The van der Waals surface area contributed by atoms with Gasteiger partial charge in [0, 0.05) is 8.95 Å². The predicted octanol–water partition coefficient (Wildman–Crippen LogP) is 6.25. The van der Waals surface area contributed by atoms with Gasteiger partial charge >= 0.3 is 0 Å². The molecule has 0 spiro atoms. The van der Waals surface area contributed by atoms with Crippen molar-refractivity contribution in [2.24, 2.45) is 0 Å². The van der Waals surface area contributed by atoms with E-state index in [-0.39, 0.29) is 4.83 Å². The molecular weight excluding hydrogens is 435 g/mol. The Morgan fingerprint density at radius 1 is 1.18 bits per heavy atom. The molecule has 90 valence electrons. The monoisotopic (exact) mass is 440 g/mol. The fraction of sp³-hybridized carbons (Fsp3) is 0.167. The van der Waals surface area contributed by atoms with Gasteiger partial charge in [-0.1, -0.05) is 47.8 Å². The number of benzene rings is 1. The highest BCUT2D eigenvalue weighted by molar-refractivity contribution is 9.11. The molecule has 0 fully saturated rings. The van der Waals surface area contributed by atoms with Gasteiger partial charge in [0.2, 0.25) is 0 Å². The first-order valence-corrected chi connectivity index (χ1v) is 7.72. The van der Waals surface area contributed by atoms with Gasteiger partial charge in [0.05, 0.1) is 4.83 Å². The van der Waals surface area contributed by atoms with E-state index in [1.54, 1.807) is 6.07 Å². The van der Waals surface area contributed by atoms with Gasteiger partial charge < -0.3 is 4.42 Å². The Morgan fingerprint density at radius 2 is 1.88 bits per heavy atom. The van der Waals surface area contributed by atoms with Crippen molar-refractivity contribution in [3.63, 3.8) is 0 Å². The fourth-order valence-corrected chi connectivity index (χ4v) is 3.61. The van der Waals surface area contributed by atoms with E-state index < -0.39 is 0 Å². The van der Waals surface area contributed by atoms with Crippen LogP contribution in [-0.4, -0.2) is 0 Å². The third kappa shape index (κ3) is 2.98. The summed E-state index contributed by atoms with van der Waals surface area (Å²) in [6.07, 6.45) is 0. The lowest BCUT2D eigenvalue weighted by Gasteiger charge is -2.12. The molecule has 0 saturated heterocycles. The molecule has 2 rings (SSSR count). The van der Waals surface area contributed by atoms with Crippen LogP contribution in [0.2, 0.25) is 5.22 Å². The molecule has 1 unspecified atom stereocenters. The molecule has 0 aliphatic rings. The molecule has 0 radical (unpaired) electrons. The van der Waals surface area contributed by atoms with E-state index in [0.717, 1.165) is 20.3 Å². The lowest BCUT2D eigenvalue weighted by Crippen LogP contribution is -1.93. The van der Waals surface area contributed by atoms with Crippen LogP contribution in [0.5, 0.6) is 0 Å². The summed E-state index contributed by atoms with van der Waals surface area (Å²) in [5.74, 6) is 0.784. The van der Waals surface area contributed by atoms with Crippen LogP contribution in [0.3, 0.4) is 0 Å². The molecule has 1 aromatic heterocycles. The van der Waals surface area contributed by atoms with Gasteiger partial charge in [0.15, 0.2) is 5.22 Å². The fourth-order valence-electron chi connectivity index (χ4n) is 1.47. The highest BCUT2D eigenvalue weighted by atomic mass is 79.9. The van der Waals surface area contributed by atoms with E-state index in [9.17, 15) is 0 Å². The second-order valence-electron chi connectivity index (χ2n) is 3.63. The van der Waals surface area contributed by atoms with Crippen molar-refractivity contribution >= 4 is 59.4 Å². The van der Waals surface area contributed by atoms with Crippen LogP contribution in [0.15, 0.2) is 37.6 Å². The van der Waals surface area contributed by atoms with E-state index in [0.29, 0.717) is 5.22 Å².